The number of nitrogens with two attached hydrogens (primary N) is 1. The van der Waals surface area contributed by atoms with Gasteiger partial charge in [-0.2, -0.15) is 0 Å². The van der Waals surface area contributed by atoms with Gasteiger partial charge in [-0.15, -0.1) is 12.4 Å². The van der Waals surface area contributed by atoms with Crippen molar-refractivity contribution in [2.45, 2.75) is 46.1 Å². The highest BCUT2D eigenvalue weighted by atomic mass is 35.5. The van der Waals surface area contributed by atoms with Gasteiger partial charge in [0.15, 0.2) is 0 Å². The van der Waals surface area contributed by atoms with Gasteiger partial charge in [0.2, 0.25) is 5.91 Å². The third-order valence-corrected chi connectivity index (χ3v) is 4.40. The van der Waals surface area contributed by atoms with Gasteiger partial charge in [0.05, 0.1) is 12.6 Å². The van der Waals surface area contributed by atoms with Crippen LogP contribution in [0.3, 0.4) is 0 Å². The second kappa shape index (κ2) is 11.5. The molecule has 2 aromatic carbocycles. The first-order chi connectivity index (χ1) is 12.5. The number of hydrogen-bond donors (Lipinski definition) is 2. The zero-order valence-electron chi connectivity index (χ0n) is 16.4. The molecule has 27 heavy (non-hydrogen) atoms. The van der Waals surface area contributed by atoms with Crippen LogP contribution in [-0.2, 0) is 11.2 Å². The quantitative estimate of drug-likeness (QED) is 0.597. The van der Waals surface area contributed by atoms with E-state index in [0.29, 0.717) is 18.8 Å². The topological polar surface area (TPSA) is 64.3 Å². The maximum atomic E-state index is 12.2. The Morgan fingerprint density at radius 2 is 1.74 bits per heavy atom. The zero-order chi connectivity index (χ0) is 18.9. The highest BCUT2D eigenvalue weighted by molar-refractivity contribution is 5.85. The van der Waals surface area contributed by atoms with Crippen LogP contribution in [0.5, 0.6) is 5.75 Å². The molecule has 1 atom stereocenters. The normalized spacial score (nSPS) is 11.6. The molecule has 3 N–H and O–H groups in total. The minimum absolute atomic E-state index is 0. The fourth-order valence-corrected chi connectivity index (χ4v) is 2.67. The molecule has 0 aromatic heterocycles. The Kier molecular flexibility index (Phi) is 9.73. The molecule has 0 heterocycles. The van der Waals surface area contributed by atoms with Crippen molar-refractivity contribution in [3.8, 4) is 5.75 Å². The van der Waals surface area contributed by atoms with Crippen LogP contribution in [0.15, 0.2) is 48.5 Å². The van der Waals surface area contributed by atoms with E-state index in [9.17, 15) is 4.79 Å². The van der Waals surface area contributed by atoms with Crippen LogP contribution in [0, 0.1) is 5.92 Å². The Morgan fingerprint density at radius 1 is 1.07 bits per heavy atom. The second-order valence-electron chi connectivity index (χ2n) is 7.09. The Balaban J connectivity index is 0.00000364. The molecule has 2 rings (SSSR count). The molecular weight excluding hydrogens is 360 g/mol. The molecule has 148 valence electrons. The van der Waals surface area contributed by atoms with Crippen LogP contribution < -0.4 is 15.8 Å². The number of hydrogen-bond acceptors (Lipinski definition) is 3. The lowest BCUT2D eigenvalue weighted by Crippen LogP contribution is -2.26. The van der Waals surface area contributed by atoms with E-state index < -0.39 is 0 Å². The monoisotopic (exact) mass is 390 g/mol. The number of carbonyl (C=O) groups excluding carboxylic acids is 1. The second-order valence-corrected chi connectivity index (χ2v) is 7.09. The van der Waals surface area contributed by atoms with Gasteiger partial charge in [0, 0.05) is 12.1 Å². The summed E-state index contributed by atoms with van der Waals surface area (Å²) in [5.41, 5.74) is 8.73. The lowest BCUT2D eigenvalue weighted by atomic mass is 10.1. The molecule has 0 aliphatic heterocycles. The minimum atomic E-state index is -0.0414. The number of aryl methyl sites for hydroxylation is 1. The van der Waals surface area contributed by atoms with Crippen molar-refractivity contribution >= 4 is 24.0 Å². The van der Waals surface area contributed by atoms with E-state index in [2.05, 4.69) is 19.2 Å². The molecule has 0 radical (unpaired) electrons. The first kappa shape index (κ1) is 22.8. The summed E-state index contributed by atoms with van der Waals surface area (Å²) in [5.74, 6) is 1.53. The standard InChI is InChI=1S/C22H30N2O2.ClH/c1-16(2)14-15-26-20-11-8-18(9-12-20)17(3)24-22(25)13-10-19-6-4-5-7-21(19)23;/h4-9,11-12,16-17H,10,13-15,23H2,1-3H3,(H,24,25);1H. The molecule has 0 spiro atoms. The largest absolute Gasteiger partial charge is 0.494 e. The molecule has 0 fully saturated rings. The molecule has 0 aliphatic rings. The average molecular weight is 391 g/mol. The molecular formula is C22H31ClN2O2. The number of benzene rings is 2. The van der Waals surface area contributed by atoms with Crippen LogP contribution in [0.25, 0.3) is 0 Å². The number of rotatable bonds is 9. The SMILES string of the molecule is CC(C)CCOc1ccc(C(C)NC(=O)CCc2ccccc2N)cc1.Cl. The summed E-state index contributed by atoms with van der Waals surface area (Å²) in [7, 11) is 0. The Morgan fingerprint density at radius 3 is 2.37 bits per heavy atom. The van der Waals surface area contributed by atoms with Gasteiger partial charge in [-0.3, -0.25) is 4.79 Å². The van der Waals surface area contributed by atoms with Crippen molar-refractivity contribution in [1.29, 1.82) is 0 Å². The van der Waals surface area contributed by atoms with Gasteiger partial charge in [-0.05, 0) is 55.0 Å². The van der Waals surface area contributed by atoms with Crippen LogP contribution in [0.4, 0.5) is 5.69 Å². The van der Waals surface area contributed by atoms with Crippen molar-refractivity contribution in [2.24, 2.45) is 5.92 Å². The number of nitrogens with one attached hydrogen (secondary N) is 1. The highest BCUT2D eigenvalue weighted by Gasteiger charge is 2.10. The maximum absolute atomic E-state index is 12.2. The van der Waals surface area contributed by atoms with Crippen molar-refractivity contribution in [1.82, 2.24) is 5.32 Å². The van der Waals surface area contributed by atoms with Gasteiger partial charge < -0.3 is 15.8 Å². The lowest BCUT2D eigenvalue weighted by Gasteiger charge is -2.15. The first-order valence-corrected chi connectivity index (χ1v) is 9.31. The number of anilines is 1. The molecule has 0 saturated heterocycles. The minimum Gasteiger partial charge on any atom is -0.494 e. The molecule has 0 bridgehead atoms. The van der Waals surface area contributed by atoms with E-state index in [0.717, 1.165) is 35.6 Å². The smallest absolute Gasteiger partial charge is 0.220 e. The molecule has 5 heteroatoms. The van der Waals surface area contributed by atoms with Crippen LogP contribution in [0.2, 0.25) is 0 Å². The number of para-hydroxylation sites is 1. The summed E-state index contributed by atoms with van der Waals surface area (Å²) in [6, 6.07) is 15.6. The summed E-state index contributed by atoms with van der Waals surface area (Å²) in [6.45, 7) is 7.08. The van der Waals surface area contributed by atoms with E-state index in [1.807, 2.05) is 55.5 Å². The van der Waals surface area contributed by atoms with E-state index in [4.69, 9.17) is 10.5 Å². The van der Waals surface area contributed by atoms with Crippen molar-refractivity contribution < 1.29 is 9.53 Å². The fraction of sp³-hybridized carbons (Fsp3) is 0.409. The van der Waals surface area contributed by atoms with E-state index in [-0.39, 0.29) is 24.4 Å². The van der Waals surface area contributed by atoms with Gasteiger partial charge >= 0.3 is 0 Å². The number of nitrogen functional groups attached to an aromatic ring is 1. The molecule has 0 aliphatic carbocycles. The summed E-state index contributed by atoms with van der Waals surface area (Å²) < 4.78 is 5.73. The molecule has 2 aromatic rings. The lowest BCUT2D eigenvalue weighted by molar-refractivity contribution is -0.121. The Bertz CT molecular complexity index is 702. The molecule has 0 saturated carbocycles. The Hall–Kier alpha value is -2.20. The highest BCUT2D eigenvalue weighted by Crippen LogP contribution is 2.19. The number of carbonyl (C=O) groups is 1. The van der Waals surface area contributed by atoms with Crippen LogP contribution >= 0.6 is 12.4 Å². The van der Waals surface area contributed by atoms with Crippen molar-refractivity contribution in [3.05, 3.63) is 59.7 Å². The average Bonchev–Trinajstić information content (AvgIpc) is 2.61. The number of halogens is 1. The summed E-state index contributed by atoms with van der Waals surface area (Å²) >= 11 is 0. The van der Waals surface area contributed by atoms with E-state index in [1.54, 1.807) is 0 Å². The van der Waals surface area contributed by atoms with Crippen LogP contribution in [-0.4, -0.2) is 12.5 Å². The third-order valence-electron chi connectivity index (χ3n) is 4.40. The predicted molar refractivity (Wildman–Crippen MR) is 114 cm³/mol. The molecule has 1 amide bonds. The van der Waals surface area contributed by atoms with Gasteiger partial charge in [-0.25, -0.2) is 0 Å². The Labute approximate surface area is 168 Å². The van der Waals surface area contributed by atoms with Crippen molar-refractivity contribution in [2.75, 3.05) is 12.3 Å². The molecule has 4 nitrogen and oxygen atoms in total. The summed E-state index contributed by atoms with van der Waals surface area (Å²) in [5, 5.41) is 3.04. The third kappa shape index (κ3) is 7.92. The van der Waals surface area contributed by atoms with Crippen LogP contribution in [0.1, 0.15) is 50.8 Å². The van der Waals surface area contributed by atoms with E-state index in [1.165, 1.54) is 0 Å². The maximum Gasteiger partial charge on any atom is 0.220 e. The molecule has 1 unspecified atom stereocenters. The van der Waals surface area contributed by atoms with Gasteiger partial charge in [0.1, 0.15) is 5.75 Å². The van der Waals surface area contributed by atoms with Gasteiger partial charge in [0.25, 0.3) is 0 Å². The summed E-state index contributed by atoms with van der Waals surface area (Å²) in [4.78, 5) is 12.2. The van der Waals surface area contributed by atoms with Crippen molar-refractivity contribution in [3.63, 3.8) is 0 Å². The van der Waals surface area contributed by atoms with E-state index >= 15 is 0 Å². The first-order valence-electron chi connectivity index (χ1n) is 9.31. The number of amides is 1. The number of ether oxygens (including phenoxy) is 1. The fourth-order valence-electron chi connectivity index (χ4n) is 2.67. The zero-order valence-corrected chi connectivity index (χ0v) is 17.2. The van der Waals surface area contributed by atoms with Gasteiger partial charge in [-0.1, -0.05) is 44.2 Å². The predicted octanol–water partition coefficient (Wildman–Crippen LogP) is 4.93. The summed E-state index contributed by atoms with van der Waals surface area (Å²) in [6.07, 6.45) is 2.11.